The van der Waals surface area contributed by atoms with Gasteiger partial charge in [0.2, 0.25) is 0 Å². The first-order chi connectivity index (χ1) is 9.10. The van der Waals surface area contributed by atoms with Gasteiger partial charge in [-0.05, 0) is 32.9 Å². The van der Waals surface area contributed by atoms with Crippen LogP contribution < -0.4 is 0 Å². The van der Waals surface area contributed by atoms with Crippen molar-refractivity contribution in [3.8, 4) is 17.0 Å². The lowest BCUT2D eigenvalue weighted by Gasteiger charge is -2.22. The second kappa shape index (κ2) is 4.54. The molecule has 1 N–H and O–H groups in total. The number of alkyl halides is 3. The molecule has 0 atom stereocenters. The molecular weight excluding hydrogens is 269 g/mol. The summed E-state index contributed by atoms with van der Waals surface area (Å²) in [5, 5.41) is 14.0. The van der Waals surface area contributed by atoms with Crippen molar-refractivity contribution in [2.75, 3.05) is 0 Å². The highest BCUT2D eigenvalue weighted by Gasteiger charge is 2.30. The van der Waals surface area contributed by atoms with E-state index in [2.05, 4.69) is 5.10 Å². The zero-order valence-electron chi connectivity index (χ0n) is 11.4. The number of nitrogens with zero attached hydrogens (tertiary/aromatic N) is 2. The fourth-order valence-corrected chi connectivity index (χ4v) is 1.94. The number of aromatic hydroxyl groups is 1. The Morgan fingerprint density at radius 1 is 1.05 bits per heavy atom. The molecule has 0 aliphatic carbocycles. The molecular formula is C14H15F3N2O. The van der Waals surface area contributed by atoms with Crippen molar-refractivity contribution in [1.82, 2.24) is 9.78 Å². The van der Waals surface area contributed by atoms with Gasteiger partial charge in [0.15, 0.2) is 5.75 Å². The van der Waals surface area contributed by atoms with Crippen molar-refractivity contribution in [3.63, 3.8) is 0 Å². The number of aromatic nitrogens is 2. The van der Waals surface area contributed by atoms with Gasteiger partial charge in [0.05, 0.1) is 17.3 Å². The first kappa shape index (κ1) is 14.4. The molecule has 1 heterocycles. The topological polar surface area (TPSA) is 38.0 Å². The summed E-state index contributed by atoms with van der Waals surface area (Å²) >= 11 is 0. The molecule has 1 aromatic carbocycles. The maximum Gasteiger partial charge on any atom is 0.416 e. The fourth-order valence-electron chi connectivity index (χ4n) is 1.94. The molecule has 0 radical (unpaired) electrons. The van der Waals surface area contributed by atoms with E-state index in [0.29, 0.717) is 11.3 Å². The zero-order valence-corrected chi connectivity index (χ0v) is 11.4. The number of benzene rings is 1. The van der Waals surface area contributed by atoms with E-state index in [0.717, 1.165) is 12.1 Å². The molecule has 0 bridgehead atoms. The van der Waals surface area contributed by atoms with Crippen LogP contribution in [0.15, 0.2) is 30.5 Å². The van der Waals surface area contributed by atoms with Gasteiger partial charge >= 0.3 is 6.18 Å². The normalized spacial score (nSPS) is 12.7. The number of halogens is 3. The minimum atomic E-state index is -4.37. The standard InChI is InChI=1S/C14H15F3N2O/c1-13(2,3)19-12(11(20)8-18-19)9-4-6-10(7-5-9)14(15,16)17/h4-8,20H,1-3H3. The summed E-state index contributed by atoms with van der Waals surface area (Å²) < 4.78 is 39.2. The SMILES string of the molecule is CC(C)(C)n1ncc(O)c1-c1ccc(C(F)(F)F)cc1. The van der Waals surface area contributed by atoms with E-state index in [1.165, 1.54) is 18.3 Å². The van der Waals surface area contributed by atoms with Crippen molar-refractivity contribution in [2.45, 2.75) is 32.5 Å². The van der Waals surface area contributed by atoms with Crippen molar-refractivity contribution in [3.05, 3.63) is 36.0 Å². The highest BCUT2D eigenvalue weighted by atomic mass is 19.4. The third-order valence-electron chi connectivity index (χ3n) is 2.87. The van der Waals surface area contributed by atoms with E-state index < -0.39 is 11.7 Å². The Kier molecular flexibility index (Phi) is 3.28. The van der Waals surface area contributed by atoms with Gasteiger partial charge in [-0.15, -0.1) is 0 Å². The molecule has 3 nitrogen and oxygen atoms in total. The molecule has 0 fully saturated rings. The Bertz CT molecular complexity index is 607. The predicted molar refractivity (Wildman–Crippen MR) is 69.3 cm³/mol. The molecule has 0 unspecified atom stereocenters. The highest BCUT2D eigenvalue weighted by molar-refractivity contribution is 5.66. The summed E-state index contributed by atoms with van der Waals surface area (Å²) in [4.78, 5) is 0. The third-order valence-corrected chi connectivity index (χ3v) is 2.87. The second-order valence-corrected chi connectivity index (χ2v) is 5.54. The largest absolute Gasteiger partial charge is 0.504 e. The molecule has 0 saturated heterocycles. The van der Waals surface area contributed by atoms with Gasteiger partial charge in [-0.25, -0.2) is 0 Å². The third kappa shape index (κ3) is 2.64. The minimum absolute atomic E-state index is 0.0558. The lowest BCUT2D eigenvalue weighted by Crippen LogP contribution is -2.23. The lowest BCUT2D eigenvalue weighted by molar-refractivity contribution is -0.137. The van der Waals surface area contributed by atoms with E-state index in [-0.39, 0.29) is 11.3 Å². The predicted octanol–water partition coefficient (Wildman–Crippen LogP) is 4.03. The Morgan fingerprint density at radius 2 is 1.60 bits per heavy atom. The smallest absolute Gasteiger partial charge is 0.416 e. The molecule has 2 rings (SSSR count). The Hall–Kier alpha value is -1.98. The van der Waals surface area contributed by atoms with Crippen LogP contribution in [0.1, 0.15) is 26.3 Å². The molecule has 6 heteroatoms. The molecule has 1 aromatic heterocycles. The maximum atomic E-state index is 12.5. The Morgan fingerprint density at radius 3 is 2.05 bits per heavy atom. The van der Waals surface area contributed by atoms with Crippen LogP contribution in [0.5, 0.6) is 5.75 Å². The molecule has 0 amide bonds. The van der Waals surface area contributed by atoms with Gasteiger partial charge < -0.3 is 5.11 Å². The van der Waals surface area contributed by atoms with Crippen molar-refractivity contribution < 1.29 is 18.3 Å². The molecule has 0 saturated carbocycles. The average Bonchev–Trinajstić information content (AvgIpc) is 2.70. The molecule has 0 spiro atoms. The summed E-state index contributed by atoms with van der Waals surface area (Å²) in [5.41, 5.74) is -0.212. The first-order valence-corrected chi connectivity index (χ1v) is 6.06. The van der Waals surface area contributed by atoms with Crippen LogP contribution in [0.3, 0.4) is 0 Å². The number of hydrogen-bond acceptors (Lipinski definition) is 2. The van der Waals surface area contributed by atoms with Crippen LogP contribution in [0.25, 0.3) is 11.3 Å². The zero-order chi connectivity index (χ0) is 15.1. The highest BCUT2D eigenvalue weighted by Crippen LogP contribution is 2.35. The summed E-state index contributed by atoms with van der Waals surface area (Å²) in [7, 11) is 0. The van der Waals surface area contributed by atoms with E-state index in [4.69, 9.17) is 0 Å². The summed E-state index contributed by atoms with van der Waals surface area (Å²) in [5.74, 6) is -0.0558. The summed E-state index contributed by atoms with van der Waals surface area (Å²) in [6.45, 7) is 5.69. The van der Waals surface area contributed by atoms with Gasteiger partial charge in [0, 0.05) is 5.56 Å². The fraction of sp³-hybridized carbons (Fsp3) is 0.357. The average molecular weight is 284 g/mol. The molecule has 20 heavy (non-hydrogen) atoms. The quantitative estimate of drug-likeness (QED) is 0.858. The van der Waals surface area contributed by atoms with Crippen LogP contribution in [0.4, 0.5) is 13.2 Å². The summed E-state index contributed by atoms with van der Waals surface area (Å²) in [6.07, 6.45) is -3.08. The van der Waals surface area contributed by atoms with Crippen LogP contribution in [0, 0.1) is 0 Å². The van der Waals surface area contributed by atoms with Gasteiger partial charge in [-0.2, -0.15) is 18.3 Å². The lowest BCUT2D eigenvalue weighted by atomic mass is 10.0. The van der Waals surface area contributed by atoms with Crippen LogP contribution >= 0.6 is 0 Å². The van der Waals surface area contributed by atoms with Crippen LogP contribution in [-0.2, 0) is 11.7 Å². The van der Waals surface area contributed by atoms with Gasteiger partial charge in [0.1, 0.15) is 5.69 Å². The molecule has 108 valence electrons. The van der Waals surface area contributed by atoms with Crippen molar-refractivity contribution in [1.29, 1.82) is 0 Å². The molecule has 0 aliphatic rings. The monoisotopic (exact) mass is 284 g/mol. The van der Waals surface area contributed by atoms with E-state index in [1.807, 2.05) is 20.8 Å². The Labute approximate surface area is 114 Å². The first-order valence-electron chi connectivity index (χ1n) is 6.06. The second-order valence-electron chi connectivity index (χ2n) is 5.54. The number of rotatable bonds is 1. The van der Waals surface area contributed by atoms with Crippen molar-refractivity contribution in [2.24, 2.45) is 0 Å². The van der Waals surface area contributed by atoms with Crippen LogP contribution in [-0.4, -0.2) is 14.9 Å². The van der Waals surface area contributed by atoms with E-state index in [1.54, 1.807) is 4.68 Å². The minimum Gasteiger partial charge on any atom is -0.504 e. The maximum absolute atomic E-state index is 12.5. The van der Waals surface area contributed by atoms with E-state index in [9.17, 15) is 18.3 Å². The van der Waals surface area contributed by atoms with Gasteiger partial charge in [-0.1, -0.05) is 12.1 Å². The van der Waals surface area contributed by atoms with Gasteiger partial charge in [-0.3, -0.25) is 4.68 Å². The van der Waals surface area contributed by atoms with Crippen molar-refractivity contribution >= 4 is 0 Å². The molecule has 0 aliphatic heterocycles. The number of hydrogen-bond donors (Lipinski definition) is 1. The molecule has 2 aromatic rings. The van der Waals surface area contributed by atoms with Crippen LogP contribution in [0.2, 0.25) is 0 Å². The van der Waals surface area contributed by atoms with Gasteiger partial charge in [0.25, 0.3) is 0 Å². The summed E-state index contributed by atoms with van der Waals surface area (Å²) in [6, 6.07) is 4.66. The van der Waals surface area contributed by atoms with E-state index >= 15 is 0 Å². The Balaban J connectivity index is 2.50.